The number of aromatic nitrogens is 1. The van der Waals surface area contributed by atoms with Gasteiger partial charge in [-0.3, -0.25) is 4.79 Å². The molecule has 0 unspecified atom stereocenters. The quantitative estimate of drug-likeness (QED) is 0.279. The van der Waals surface area contributed by atoms with Crippen LogP contribution in [0.2, 0.25) is 15.2 Å². The maximum Gasteiger partial charge on any atom is 0.250 e. The van der Waals surface area contributed by atoms with Crippen molar-refractivity contribution >= 4 is 69.6 Å². The van der Waals surface area contributed by atoms with Crippen LogP contribution in [0.3, 0.4) is 0 Å². The summed E-state index contributed by atoms with van der Waals surface area (Å²) < 4.78 is 5.18. The van der Waals surface area contributed by atoms with Gasteiger partial charge in [-0.05, 0) is 35.9 Å². The van der Waals surface area contributed by atoms with Crippen molar-refractivity contribution in [3.63, 3.8) is 0 Å². The Morgan fingerprint density at radius 1 is 1.21 bits per heavy atom. The van der Waals surface area contributed by atoms with Gasteiger partial charge in [0, 0.05) is 32.8 Å². The molecule has 0 aliphatic carbocycles. The van der Waals surface area contributed by atoms with Gasteiger partial charge in [0.2, 0.25) is 5.91 Å². The molecule has 0 radical (unpaired) electrons. The van der Waals surface area contributed by atoms with E-state index in [0.29, 0.717) is 32.6 Å². The van der Waals surface area contributed by atoms with Gasteiger partial charge >= 0.3 is 0 Å². The summed E-state index contributed by atoms with van der Waals surface area (Å²) in [4.78, 5) is 16.3. The molecule has 0 saturated heterocycles. The third-order valence-corrected chi connectivity index (χ3v) is 5.91. The van der Waals surface area contributed by atoms with Crippen LogP contribution in [0.4, 0.5) is 0 Å². The normalized spacial score (nSPS) is 11.2. The second-order valence-electron chi connectivity index (χ2n) is 5.91. The molecule has 0 aliphatic rings. The number of carbonyl (C=O) groups excluding carboxylic acids is 1. The van der Waals surface area contributed by atoms with E-state index in [-0.39, 0.29) is 16.8 Å². The van der Waals surface area contributed by atoms with Crippen molar-refractivity contribution < 1.29 is 9.53 Å². The van der Waals surface area contributed by atoms with E-state index in [0.717, 1.165) is 10.9 Å². The van der Waals surface area contributed by atoms with E-state index in [1.54, 1.807) is 31.4 Å². The van der Waals surface area contributed by atoms with Crippen LogP contribution in [0.5, 0.6) is 5.75 Å². The van der Waals surface area contributed by atoms with Crippen LogP contribution in [0.1, 0.15) is 11.1 Å². The molecular formula is C20H16Cl3N3O2S. The number of thioether (sulfide) groups is 1. The van der Waals surface area contributed by atoms with Crippen molar-refractivity contribution in [2.75, 3.05) is 12.9 Å². The zero-order valence-corrected chi connectivity index (χ0v) is 18.4. The zero-order chi connectivity index (χ0) is 20.8. The van der Waals surface area contributed by atoms with E-state index in [2.05, 4.69) is 15.5 Å². The number of pyridine rings is 1. The molecule has 1 heterocycles. The molecule has 0 bridgehead atoms. The average Bonchev–Trinajstić information content (AvgIpc) is 2.70. The molecule has 0 atom stereocenters. The Labute approximate surface area is 187 Å². The second-order valence-corrected chi connectivity index (χ2v) is 8.07. The summed E-state index contributed by atoms with van der Waals surface area (Å²) in [7, 11) is 1.59. The third-order valence-electron chi connectivity index (χ3n) is 3.94. The molecule has 0 fully saturated rings. The maximum absolute atomic E-state index is 12.0. The molecular weight excluding hydrogens is 453 g/mol. The van der Waals surface area contributed by atoms with Gasteiger partial charge in [-0.2, -0.15) is 5.10 Å². The summed E-state index contributed by atoms with van der Waals surface area (Å²) >= 11 is 19.8. The smallest absolute Gasteiger partial charge is 0.250 e. The molecule has 9 heteroatoms. The first-order valence-corrected chi connectivity index (χ1v) is 10.7. The van der Waals surface area contributed by atoms with E-state index in [1.807, 2.05) is 18.2 Å². The van der Waals surface area contributed by atoms with Gasteiger partial charge in [-0.25, -0.2) is 10.4 Å². The van der Waals surface area contributed by atoms with Crippen LogP contribution in [-0.4, -0.2) is 30.0 Å². The van der Waals surface area contributed by atoms with Crippen LogP contribution in [0.25, 0.3) is 10.9 Å². The fourth-order valence-electron chi connectivity index (χ4n) is 2.48. The minimum absolute atomic E-state index is 0.211. The first kappa shape index (κ1) is 21.7. The van der Waals surface area contributed by atoms with Crippen molar-refractivity contribution in [3.8, 4) is 5.75 Å². The Balaban J connectivity index is 1.56. The van der Waals surface area contributed by atoms with Gasteiger partial charge in [0.05, 0.1) is 24.6 Å². The highest BCUT2D eigenvalue weighted by molar-refractivity contribution is 7.99. The lowest BCUT2D eigenvalue weighted by molar-refractivity contribution is -0.118. The molecule has 29 heavy (non-hydrogen) atoms. The van der Waals surface area contributed by atoms with Gasteiger partial charge in [-0.1, -0.05) is 40.9 Å². The zero-order valence-electron chi connectivity index (χ0n) is 15.3. The average molecular weight is 469 g/mol. The van der Waals surface area contributed by atoms with Crippen LogP contribution >= 0.6 is 46.6 Å². The molecule has 1 aromatic heterocycles. The predicted octanol–water partition coefficient (Wildman–Crippen LogP) is 5.59. The number of fused-ring (bicyclic) bond motifs is 1. The molecule has 3 aromatic rings. The number of amides is 1. The van der Waals surface area contributed by atoms with Gasteiger partial charge in [0.1, 0.15) is 10.9 Å². The molecule has 2 aromatic carbocycles. The fourth-order valence-corrected chi connectivity index (χ4v) is 4.23. The van der Waals surface area contributed by atoms with Gasteiger partial charge < -0.3 is 4.74 Å². The Morgan fingerprint density at radius 2 is 1.97 bits per heavy atom. The Kier molecular flexibility index (Phi) is 7.61. The summed E-state index contributed by atoms with van der Waals surface area (Å²) in [6.45, 7) is 0. The molecule has 0 saturated carbocycles. The highest BCUT2D eigenvalue weighted by Gasteiger charge is 2.08. The number of ether oxygens (including phenoxy) is 1. The lowest BCUT2D eigenvalue weighted by Crippen LogP contribution is -2.19. The van der Waals surface area contributed by atoms with Gasteiger partial charge in [0.15, 0.2) is 0 Å². The van der Waals surface area contributed by atoms with E-state index < -0.39 is 0 Å². The number of benzene rings is 2. The van der Waals surface area contributed by atoms with E-state index >= 15 is 0 Å². The minimum atomic E-state index is -0.246. The van der Waals surface area contributed by atoms with Crippen LogP contribution in [-0.2, 0) is 10.5 Å². The van der Waals surface area contributed by atoms with Crippen LogP contribution < -0.4 is 10.2 Å². The standard InChI is InChI=1S/C20H16Cl3N3O2S/c1-28-14-6-5-12-7-13(20(23)25-18(12)8-14)9-24-26-19(27)11-29-10-15-16(21)3-2-4-17(15)22/h2-9H,10-11H2,1H3,(H,26,27)/b24-9+. The molecule has 1 N–H and O–H groups in total. The van der Waals surface area contributed by atoms with E-state index in [1.165, 1.54) is 18.0 Å². The number of methoxy groups -OCH3 is 1. The Morgan fingerprint density at radius 3 is 2.69 bits per heavy atom. The fraction of sp³-hybridized carbons (Fsp3) is 0.150. The molecule has 5 nitrogen and oxygen atoms in total. The lowest BCUT2D eigenvalue weighted by atomic mass is 10.1. The summed E-state index contributed by atoms with van der Waals surface area (Å²) in [5, 5.41) is 6.30. The predicted molar refractivity (Wildman–Crippen MR) is 122 cm³/mol. The third kappa shape index (κ3) is 5.76. The van der Waals surface area contributed by atoms with Gasteiger partial charge in [0.25, 0.3) is 0 Å². The minimum Gasteiger partial charge on any atom is -0.497 e. The van der Waals surface area contributed by atoms with Crippen LogP contribution in [0, 0.1) is 0 Å². The number of hydrazone groups is 1. The van der Waals surface area contributed by atoms with Gasteiger partial charge in [-0.15, -0.1) is 11.8 Å². The summed E-state index contributed by atoms with van der Waals surface area (Å²) in [5.74, 6) is 1.19. The van der Waals surface area contributed by atoms with E-state index in [4.69, 9.17) is 39.5 Å². The van der Waals surface area contributed by atoms with Crippen molar-refractivity contribution in [1.82, 2.24) is 10.4 Å². The topological polar surface area (TPSA) is 63.6 Å². The number of rotatable bonds is 7. The number of carbonyl (C=O) groups is 1. The highest BCUT2D eigenvalue weighted by Crippen LogP contribution is 2.28. The Bertz CT molecular complexity index is 1060. The molecule has 3 rings (SSSR count). The Hall–Kier alpha value is -1.99. The first-order chi connectivity index (χ1) is 14.0. The number of nitrogens with zero attached hydrogens (tertiary/aromatic N) is 2. The number of halogens is 3. The van der Waals surface area contributed by atoms with Crippen molar-refractivity contribution in [2.45, 2.75) is 5.75 Å². The van der Waals surface area contributed by atoms with Crippen molar-refractivity contribution in [2.24, 2.45) is 5.10 Å². The molecule has 150 valence electrons. The summed E-state index contributed by atoms with van der Waals surface area (Å²) in [6.07, 6.45) is 1.46. The largest absolute Gasteiger partial charge is 0.497 e. The number of hydrogen-bond donors (Lipinski definition) is 1. The maximum atomic E-state index is 12.0. The first-order valence-electron chi connectivity index (χ1n) is 8.44. The van der Waals surface area contributed by atoms with Crippen LogP contribution in [0.15, 0.2) is 47.6 Å². The lowest BCUT2D eigenvalue weighted by Gasteiger charge is -2.06. The monoisotopic (exact) mass is 467 g/mol. The van der Waals surface area contributed by atoms with Crippen molar-refractivity contribution in [3.05, 3.63) is 68.8 Å². The molecule has 0 aliphatic heterocycles. The number of nitrogens with one attached hydrogen (secondary N) is 1. The van der Waals surface area contributed by atoms with E-state index in [9.17, 15) is 4.79 Å². The highest BCUT2D eigenvalue weighted by atomic mass is 35.5. The second kappa shape index (κ2) is 10.2. The SMILES string of the molecule is COc1ccc2cc(/C=N/NC(=O)CSCc3c(Cl)cccc3Cl)c(Cl)nc2c1. The molecule has 0 spiro atoms. The summed E-state index contributed by atoms with van der Waals surface area (Å²) in [6, 6.07) is 12.7. The number of hydrogen-bond acceptors (Lipinski definition) is 5. The molecule has 1 amide bonds. The van der Waals surface area contributed by atoms with Crippen molar-refractivity contribution in [1.29, 1.82) is 0 Å². The summed E-state index contributed by atoms with van der Waals surface area (Å²) in [5.41, 5.74) is 4.60.